The molecule has 0 aliphatic carbocycles. The molecule has 3 rings (SSSR count). The molecule has 0 aliphatic rings. The van der Waals surface area contributed by atoms with E-state index in [4.69, 9.17) is 20.8 Å². The van der Waals surface area contributed by atoms with Crippen LogP contribution in [0.4, 0.5) is 5.69 Å². The van der Waals surface area contributed by atoms with Gasteiger partial charge in [0.25, 0.3) is 11.8 Å². The molecule has 2 N–H and O–H groups in total. The predicted octanol–water partition coefficient (Wildman–Crippen LogP) is 1.82. The topological polar surface area (TPSA) is 128 Å². The maximum atomic E-state index is 12.1. The van der Waals surface area contributed by atoms with Gasteiger partial charge in [0.05, 0.1) is 24.1 Å². The molecule has 29 heavy (non-hydrogen) atoms. The molecule has 2 aromatic heterocycles. The standard InChI is InChI=1S/C18H16ClN5O5/c19-12-3-4-14(24-11-20-10-22-24)13(8-12)23-16(25)9-29-17(26)5-6-21-18(27)15-2-1-7-28-15/h1-4,7-8,10-11H,5-6,9H2,(H,21,27)(H,23,25). The Kier molecular flexibility index (Phi) is 6.59. The Hall–Kier alpha value is -3.66. The quantitative estimate of drug-likeness (QED) is 0.535. The average molecular weight is 418 g/mol. The number of nitrogens with zero attached hydrogens (tertiary/aromatic N) is 3. The average Bonchev–Trinajstić information content (AvgIpc) is 3.40. The first-order valence-corrected chi connectivity index (χ1v) is 8.82. The van der Waals surface area contributed by atoms with Crippen LogP contribution in [0.5, 0.6) is 0 Å². The number of carbonyl (C=O) groups excluding carboxylic acids is 3. The van der Waals surface area contributed by atoms with E-state index in [0.717, 1.165) is 0 Å². The zero-order valence-corrected chi connectivity index (χ0v) is 15.8. The lowest BCUT2D eigenvalue weighted by Gasteiger charge is -2.11. The van der Waals surface area contributed by atoms with Gasteiger partial charge in [-0.15, -0.1) is 0 Å². The fourth-order valence-corrected chi connectivity index (χ4v) is 2.49. The molecular formula is C18H16ClN5O5. The van der Waals surface area contributed by atoms with Crippen LogP contribution in [0.25, 0.3) is 5.69 Å². The van der Waals surface area contributed by atoms with Gasteiger partial charge in [-0.05, 0) is 30.3 Å². The van der Waals surface area contributed by atoms with E-state index in [1.54, 1.807) is 24.3 Å². The lowest BCUT2D eigenvalue weighted by atomic mass is 10.2. The third-order valence-electron chi connectivity index (χ3n) is 3.62. The summed E-state index contributed by atoms with van der Waals surface area (Å²) in [4.78, 5) is 39.4. The molecule has 2 amide bonds. The number of hydrogen-bond acceptors (Lipinski definition) is 7. The number of carbonyl (C=O) groups is 3. The highest BCUT2D eigenvalue weighted by Gasteiger charge is 2.13. The molecular weight excluding hydrogens is 402 g/mol. The first-order valence-electron chi connectivity index (χ1n) is 8.44. The van der Waals surface area contributed by atoms with Crippen LogP contribution < -0.4 is 10.6 Å². The van der Waals surface area contributed by atoms with Crippen LogP contribution in [0, 0.1) is 0 Å². The van der Waals surface area contributed by atoms with E-state index in [1.165, 1.54) is 29.7 Å². The van der Waals surface area contributed by atoms with Crippen LogP contribution >= 0.6 is 11.6 Å². The van der Waals surface area contributed by atoms with Crippen molar-refractivity contribution in [3.8, 4) is 5.69 Å². The Balaban J connectivity index is 1.46. The Labute approximate surface area is 169 Å². The molecule has 10 nitrogen and oxygen atoms in total. The third kappa shape index (κ3) is 5.66. The van der Waals surface area contributed by atoms with Gasteiger partial charge in [0.2, 0.25) is 0 Å². The van der Waals surface area contributed by atoms with Crippen LogP contribution in [-0.2, 0) is 14.3 Å². The van der Waals surface area contributed by atoms with Crippen molar-refractivity contribution in [2.45, 2.75) is 6.42 Å². The number of rotatable bonds is 8. The maximum Gasteiger partial charge on any atom is 0.308 e. The molecule has 3 aromatic rings. The Morgan fingerprint density at radius 2 is 2.10 bits per heavy atom. The van der Waals surface area contributed by atoms with Gasteiger partial charge in [-0.1, -0.05) is 11.6 Å². The van der Waals surface area contributed by atoms with Gasteiger partial charge in [-0.2, -0.15) is 5.10 Å². The maximum absolute atomic E-state index is 12.1. The molecule has 0 aliphatic heterocycles. The predicted molar refractivity (Wildman–Crippen MR) is 102 cm³/mol. The van der Waals surface area contributed by atoms with Crippen LogP contribution in [0.1, 0.15) is 17.0 Å². The first-order chi connectivity index (χ1) is 14.0. The monoisotopic (exact) mass is 417 g/mol. The summed E-state index contributed by atoms with van der Waals surface area (Å²) in [6.07, 6.45) is 4.10. The summed E-state index contributed by atoms with van der Waals surface area (Å²) < 4.78 is 11.3. The lowest BCUT2D eigenvalue weighted by Crippen LogP contribution is -2.27. The van der Waals surface area contributed by atoms with Crippen molar-refractivity contribution in [3.63, 3.8) is 0 Å². The van der Waals surface area contributed by atoms with Crippen molar-refractivity contribution in [1.82, 2.24) is 20.1 Å². The van der Waals surface area contributed by atoms with Crippen molar-refractivity contribution < 1.29 is 23.5 Å². The van der Waals surface area contributed by atoms with E-state index in [1.807, 2.05) is 0 Å². The zero-order valence-electron chi connectivity index (χ0n) is 15.0. The number of esters is 1. The molecule has 0 radical (unpaired) electrons. The number of halogens is 1. The number of hydrogen-bond donors (Lipinski definition) is 2. The van der Waals surface area contributed by atoms with Gasteiger partial charge < -0.3 is 19.8 Å². The minimum atomic E-state index is -0.637. The normalized spacial score (nSPS) is 10.4. The van der Waals surface area contributed by atoms with E-state index in [2.05, 4.69) is 20.7 Å². The number of nitrogens with one attached hydrogen (secondary N) is 2. The Morgan fingerprint density at radius 3 is 2.83 bits per heavy atom. The fourth-order valence-electron chi connectivity index (χ4n) is 2.32. The minimum Gasteiger partial charge on any atom is -0.459 e. The summed E-state index contributed by atoms with van der Waals surface area (Å²) >= 11 is 5.99. The van der Waals surface area contributed by atoms with Gasteiger partial charge in [0, 0.05) is 11.6 Å². The lowest BCUT2D eigenvalue weighted by molar-refractivity contribution is -0.147. The van der Waals surface area contributed by atoms with Crippen molar-refractivity contribution >= 4 is 35.1 Å². The number of anilines is 1. The van der Waals surface area contributed by atoms with E-state index in [0.29, 0.717) is 16.4 Å². The number of amides is 2. The van der Waals surface area contributed by atoms with Crippen LogP contribution in [-0.4, -0.2) is 45.7 Å². The molecule has 0 atom stereocenters. The summed E-state index contributed by atoms with van der Waals surface area (Å²) in [5, 5.41) is 9.54. The molecule has 0 bridgehead atoms. The number of aromatic nitrogens is 3. The highest BCUT2D eigenvalue weighted by atomic mass is 35.5. The second kappa shape index (κ2) is 9.51. The largest absolute Gasteiger partial charge is 0.459 e. The zero-order chi connectivity index (χ0) is 20.6. The third-order valence-corrected chi connectivity index (χ3v) is 3.86. The second-order valence-electron chi connectivity index (χ2n) is 5.69. The first kappa shape index (κ1) is 20.1. The smallest absolute Gasteiger partial charge is 0.308 e. The van der Waals surface area contributed by atoms with Gasteiger partial charge in [-0.25, -0.2) is 9.67 Å². The SMILES string of the molecule is O=C(COC(=O)CCNC(=O)c1ccco1)Nc1cc(Cl)ccc1-n1cncn1. The fraction of sp³-hybridized carbons (Fsp3) is 0.167. The Morgan fingerprint density at radius 1 is 1.24 bits per heavy atom. The number of furan rings is 1. The summed E-state index contributed by atoms with van der Waals surface area (Å²) in [6.45, 7) is -0.445. The minimum absolute atomic E-state index is 0.0464. The highest BCUT2D eigenvalue weighted by molar-refractivity contribution is 6.31. The highest BCUT2D eigenvalue weighted by Crippen LogP contribution is 2.23. The Bertz CT molecular complexity index is 988. The molecule has 0 saturated carbocycles. The molecule has 0 fully saturated rings. The number of benzene rings is 1. The van der Waals surface area contributed by atoms with Crippen molar-refractivity contribution in [2.75, 3.05) is 18.5 Å². The van der Waals surface area contributed by atoms with Crippen LogP contribution in [0.15, 0.2) is 53.7 Å². The summed E-state index contributed by atoms with van der Waals surface area (Å²) in [7, 11) is 0. The molecule has 1 aromatic carbocycles. The molecule has 150 valence electrons. The van der Waals surface area contributed by atoms with Gasteiger partial charge >= 0.3 is 5.97 Å². The van der Waals surface area contributed by atoms with E-state index >= 15 is 0 Å². The molecule has 2 heterocycles. The summed E-state index contributed by atoms with van der Waals surface area (Å²) in [5.74, 6) is -1.49. The van der Waals surface area contributed by atoms with Crippen LogP contribution in [0.3, 0.4) is 0 Å². The molecule has 0 spiro atoms. The summed E-state index contributed by atoms with van der Waals surface area (Å²) in [5.41, 5.74) is 0.932. The number of ether oxygens (including phenoxy) is 1. The van der Waals surface area contributed by atoms with Gasteiger partial charge in [0.1, 0.15) is 12.7 Å². The van der Waals surface area contributed by atoms with E-state index in [9.17, 15) is 14.4 Å². The van der Waals surface area contributed by atoms with Crippen molar-refractivity contribution in [1.29, 1.82) is 0 Å². The van der Waals surface area contributed by atoms with Crippen LogP contribution in [0.2, 0.25) is 5.02 Å². The summed E-state index contributed by atoms with van der Waals surface area (Å²) in [6, 6.07) is 7.94. The molecule has 0 saturated heterocycles. The van der Waals surface area contributed by atoms with Gasteiger partial charge in [0.15, 0.2) is 12.4 Å². The molecule has 11 heteroatoms. The molecule has 0 unspecified atom stereocenters. The van der Waals surface area contributed by atoms with Crippen molar-refractivity contribution in [2.24, 2.45) is 0 Å². The second-order valence-corrected chi connectivity index (χ2v) is 6.13. The van der Waals surface area contributed by atoms with E-state index < -0.39 is 24.4 Å². The van der Waals surface area contributed by atoms with Crippen molar-refractivity contribution in [3.05, 3.63) is 60.0 Å². The van der Waals surface area contributed by atoms with E-state index in [-0.39, 0.29) is 18.7 Å². The van der Waals surface area contributed by atoms with Gasteiger partial charge in [-0.3, -0.25) is 14.4 Å².